The van der Waals surface area contributed by atoms with Gasteiger partial charge in [0.05, 0.1) is 19.5 Å². The highest BCUT2D eigenvalue weighted by Gasteiger charge is 2.55. The van der Waals surface area contributed by atoms with Crippen molar-refractivity contribution in [3.05, 3.63) is 12.0 Å². The van der Waals surface area contributed by atoms with Crippen molar-refractivity contribution >= 4 is 11.8 Å². The second kappa shape index (κ2) is 5.15. The average molecular weight is 314 g/mol. The second-order valence-electron chi connectivity index (χ2n) is 5.29. The molecule has 11 nitrogen and oxygen atoms in total. The first-order valence-corrected chi connectivity index (χ1v) is 6.62. The van der Waals surface area contributed by atoms with Gasteiger partial charge in [0.25, 0.3) is 0 Å². The van der Waals surface area contributed by atoms with E-state index >= 15 is 0 Å². The van der Waals surface area contributed by atoms with Gasteiger partial charge < -0.3 is 41.9 Å². The summed E-state index contributed by atoms with van der Waals surface area (Å²) in [5.74, 6) is 0.438. The molecule has 1 aromatic rings. The average Bonchev–Trinajstić information content (AvgIpc) is 3.01. The van der Waals surface area contributed by atoms with Crippen LogP contribution in [-0.2, 0) is 4.74 Å². The van der Waals surface area contributed by atoms with Crippen LogP contribution in [-0.4, -0.2) is 67.0 Å². The van der Waals surface area contributed by atoms with Crippen LogP contribution in [0.25, 0.3) is 0 Å². The van der Waals surface area contributed by atoms with Gasteiger partial charge in [0.15, 0.2) is 12.2 Å². The van der Waals surface area contributed by atoms with Crippen molar-refractivity contribution in [3.8, 4) is 0 Å². The largest absolute Gasteiger partial charge is 0.393 e. The fraction of sp³-hybridized carbons (Fsp3) is 0.636. The van der Waals surface area contributed by atoms with E-state index < -0.39 is 43.4 Å². The molecule has 0 saturated carbocycles. The summed E-state index contributed by atoms with van der Waals surface area (Å²) in [5.41, 5.74) is 10.1. The third-order valence-corrected chi connectivity index (χ3v) is 3.95. The molecule has 0 radical (unpaired) electrons. The molecule has 0 bridgehead atoms. The van der Waals surface area contributed by atoms with Crippen LogP contribution < -0.4 is 16.8 Å². The molecule has 1 unspecified atom stereocenters. The highest BCUT2D eigenvalue weighted by Crippen LogP contribution is 2.39. The third-order valence-electron chi connectivity index (χ3n) is 3.95. The Labute approximate surface area is 124 Å². The fourth-order valence-electron chi connectivity index (χ4n) is 2.66. The van der Waals surface area contributed by atoms with E-state index in [1.54, 1.807) is 0 Å². The number of nitrogens with one attached hydrogen (secondary N) is 1. The minimum absolute atomic E-state index is 0.0744. The Bertz CT molecular complexity index is 600. The van der Waals surface area contributed by atoms with E-state index in [0.717, 1.165) is 0 Å². The molecule has 9 N–H and O–H groups in total. The monoisotopic (exact) mass is 314 g/mol. The molecule has 0 aliphatic carbocycles. The predicted molar refractivity (Wildman–Crippen MR) is 73.4 cm³/mol. The number of hydrogen-bond donors (Lipinski definition) is 7. The molecule has 0 spiro atoms. The van der Waals surface area contributed by atoms with E-state index in [0.29, 0.717) is 11.5 Å². The van der Waals surface area contributed by atoms with Crippen molar-refractivity contribution < 1.29 is 25.2 Å². The first-order valence-electron chi connectivity index (χ1n) is 6.62. The maximum absolute atomic E-state index is 10.2. The molecule has 3 heterocycles. The number of fused-ring (bicyclic) bond motifs is 1. The van der Waals surface area contributed by atoms with Crippen molar-refractivity contribution in [2.75, 3.05) is 18.5 Å². The smallest absolute Gasteiger partial charge is 0.196 e. The molecular formula is C11H18N6O5. The standard InChI is InChI=1S/C11H18N6O5/c12-7-4-8(16-10(13)15-7)17(3-14-4)9-5(20)6(21)11(1-18,2-19)22-9/h3,5-7,9,18-21H,1-2,12H2,(H3,13,15,16)/t5-,6+,7?,9-/m1/s1. The molecule has 0 amide bonds. The zero-order valence-corrected chi connectivity index (χ0v) is 11.5. The van der Waals surface area contributed by atoms with Gasteiger partial charge in [-0.05, 0) is 0 Å². The van der Waals surface area contributed by atoms with Crippen LogP contribution in [0.3, 0.4) is 0 Å². The van der Waals surface area contributed by atoms with Gasteiger partial charge in [-0.25, -0.2) is 9.98 Å². The van der Waals surface area contributed by atoms with E-state index in [4.69, 9.17) is 16.2 Å². The maximum atomic E-state index is 10.2. The first-order chi connectivity index (χ1) is 10.4. The lowest BCUT2D eigenvalue weighted by atomic mass is 9.97. The zero-order chi connectivity index (χ0) is 16.1. The van der Waals surface area contributed by atoms with Gasteiger partial charge in [-0.1, -0.05) is 0 Å². The zero-order valence-electron chi connectivity index (χ0n) is 11.5. The molecular weight excluding hydrogens is 296 g/mol. The number of aliphatic hydroxyl groups is 4. The van der Waals surface area contributed by atoms with Gasteiger partial charge in [0.1, 0.15) is 35.5 Å². The summed E-state index contributed by atoms with van der Waals surface area (Å²) >= 11 is 0. The topological polar surface area (TPSA) is 184 Å². The number of aromatic nitrogens is 2. The number of nitrogens with zero attached hydrogens (tertiary/aromatic N) is 3. The van der Waals surface area contributed by atoms with Gasteiger partial charge in [-0.3, -0.25) is 4.57 Å². The number of nitrogens with two attached hydrogens (primary N) is 2. The number of aliphatic hydroxyl groups excluding tert-OH is 4. The van der Waals surface area contributed by atoms with Crippen molar-refractivity contribution in [3.63, 3.8) is 0 Å². The van der Waals surface area contributed by atoms with Crippen molar-refractivity contribution in [2.24, 2.45) is 16.5 Å². The molecule has 1 aromatic heterocycles. The molecule has 11 heteroatoms. The number of hydrogen-bond acceptors (Lipinski definition) is 10. The fourth-order valence-corrected chi connectivity index (χ4v) is 2.66. The Morgan fingerprint density at radius 1 is 1.36 bits per heavy atom. The summed E-state index contributed by atoms with van der Waals surface area (Å²) in [6.45, 7) is -1.32. The number of anilines is 1. The Balaban J connectivity index is 1.97. The molecule has 2 aliphatic rings. The summed E-state index contributed by atoms with van der Waals surface area (Å²) in [5, 5.41) is 41.8. The minimum atomic E-state index is -1.67. The normalized spacial score (nSPS) is 33.2. The molecule has 1 fully saturated rings. The highest BCUT2D eigenvalue weighted by molar-refractivity contribution is 5.93. The van der Waals surface area contributed by atoms with Crippen molar-refractivity contribution in [1.29, 1.82) is 0 Å². The Morgan fingerprint density at radius 3 is 2.64 bits per heavy atom. The quantitative estimate of drug-likeness (QED) is 0.298. The lowest BCUT2D eigenvalue weighted by molar-refractivity contribution is -0.149. The molecule has 4 atom stereocenters. The van der Waals surface area contributed by atoms with Crippen LogP contribution >= 0.6 is 0 Å². The van der Waals surface area contributed by atoms with Crippen LogP contribution in [0.4, 0.5) is 5.82 Å². The van der Waals surface area contributed by atoms with Crippen LogP contribution in [0.5, 0.6) is 0 Å². The molecule has 122 valence electrons. The van der Waals surface area contributed by atoms with Gasteiger partial charge in [-0.15, -0.1) is 0 Å². The molecule has 22 heavy (non-hydrogen) atoms. The van der Waals surface area contributed by atoms with Gasteiger partial charge in [0, 0.05) is 0 Å². The minimum Gasteiger partial charge on any atom is -0.393 e. The highest BCUT2D eigenvalue weighted by atomic mass is 16.6. The number of ether oxygens (including phenoxy) is 1. The van der Waals surface area contributed by atoms with Crippen molar-refractivity contribution in [1.82, 2.24) is 9.55 Å². The summed E-state index contributed by atoms with van der Waals surface area (Å²) in [7, 11) is 0. The summed E-state index contributed by atoms with van der Waals surface area (Å²) in [6.07, 6.45) is -3.38. The Kier molecular flexibility index (Phi) is 3.55. The van der Waals surface area contributed by atoms with Crippen molar-refractivity contribution in [2.45, 2.75) is 30.2 Å². The molecule has 2 aliphatic heterocycles. The lowest BCUT2D eigenvalue weighted by Gasteiger charge is -2.27. The second-order valence-corrected chi connectivity index (χ2v) is 5.29. The lowest BCUT2D eigenvalue weighted by Crippen LogP contribution is -2.49. The predicted octanol–water partition coefficient (Wildman–Crippen LogP) is -3.45. The first kappa shape index (κ1) is 15.1. The summed E-state index contributed by atoms with van der Waals surface area (Å²) < 4.78 is 6.90. The van der Waals surface area contributed by atoms with Crippen LogP contribution in [0.2, 0.25) is 0 Å². The van der Waals surface area contributed by atoms with E-state index in [2.05, 4.69) is 15.3 Å². The van der Waals surface area contributed by atoms with E-state index in [9.17, 15) is 20.4 Å². The van der Waals surface area contributed by atoms with Gasteiger partial charge in [-0.2, -0.15) is 0 Å². The van der Waals surface area contributed by atoms with Crippen LogP contribution in [0, 0.1) is 0 Å². The summed E-state index contributed by atoms with van der Waals surface area (Å²) in [4.78, 5) is 8.00. The van der Waals surface area contributed by atoms with Gasteiger partial charge >= 0.3 is 0 Å². The Hall–Kier alpha value is -1.76. The Morgan fingerprint density at radius 2 is 2.05 bits per heavy atom. The van der Waals surface area contributed by atoms with E-state index in [1.165, 1.54) is 10.9 Å². The van der Waals surface area contributed by atoms with Crippen LogP contribution in [0.15, 0.2) is 11.3 Å². The molecule has 1 saturated heterocycles. The maximum Gasteiger partial charge on any atom is 0.196 e. The van der Waals surface area contributed by atoms with Crippen LogP contribution in [0.1, 0.15) is 18.1 Å². The summed E-state index contributed by atoms with van der Waals surface area (Å²) in [6, 6.07) is 0. The third kappa shape index (κ3) is 1.99. The van der Waals surface area contributed by atoms with E-state index in [-0.39, 0.29) is 5.96 Å². The number of imidazole rings is 1. The number of guanidine groups is 1. The number of rotatable bonds is 3. The molecule has 0 aromatic carbocycles. The van der Waals surface area contributed by atoms with E-state index in [1.807, 2.05) is 0 Å². The number of aliphatic imine (C=N–C) groups is 1. The van der Waals surface area contributed by atoms with Gasteiger partial charge in [0.2, 0.25) is 0 Å². The SMILES string of the molecule is NC1=NC(N)c2ncn([C@@H]3OC(CO)(CO)[C@@H](O)[C@H]3O)c2N1. The molecule has 3 rings (SSSR count).